The van der Waals surface area contributed by atoms with Crippen LogP contribution in [0.2, 0.25) is 0 Å². The highest BCUT2D eigenvalue weighted by atomic mass is 79.9. The van der Waals surface area contributed by atoms with Crippen molar-refractivity contribution in [1.29, 1.82) is 0 Å². The van der Waals surface area contributed by atoms with Crippen LogP contribution < -0.4 is 5.32 Å². The molecule has 0 aliphatic heterocycles. The summed E-state index contributed by atoms with van der Waals surface area (Å²) in [7, 11) is 0. The van der Waals surface area contributed by atoms with Gasteiger partial charge in [-0.05, 0) is 58.7 Å². The molecule has 0 spiro atoms. The van der Waals surface area contributed by atoms with Crippen molar-refractivity contribution in [2.75, 3.05) is 6.54 Å². The van der Waals surface area contributed by atoms with Gasteiger partial charge in [-0.25, -0.2) is 0 Å². The van der Waals surface area contributed by atoms with E-state index in [0.29, 0.717) is 11.5 Å². The number of hydrogen-bond acceptors (Lipinski definition) is 2. The fourth-order valence-corrected chi connectivity index (χ4v) is 4.89. The molecular formula is C17H28BrNS. The van der Waals surface area contributed by atoms with E-state index in [-0.39, 0.29) is 0 Å². The van der Waals surface area contributed by atoms with Gasteiger partial charge in [-0.3, -0.25) is 0 Å². The van der Waals surface area contributed by atoms with Gasteiger partial charge in [0.15, 0.2) is 0 Å². The lowest BCUT2D eigenvalue weighted by molar-refractivity contribution is 0.280. The lowest BCUT2D eigenvalue weighted by Gasteiger charge is -2.30. The summed E-state index contributed by atoms with van der Waals surface area (Å²) in [5.41, 5.74) is 1.97. The van der Waals surface area contributed by atoms with Crippen LogP contribution in [0.15, 0.2) is 9.85 Å². The summed E-state index contributed by atoms with van der Waals surface area (Å²) < 4.78 is 1.29. The Morgan fingerprint density at radius 2 is 2.20 bits per heavy atom. The Morgan fingerprint density at radius 1 is 1.40 bits per heavy atom. The smallest absolute Gasteiger partial charge is 0.0704 e. The molecule has 1 heterocycles. The highest BCUT2D eigenvalue weighted by molar-refractivity contribution is 9.11. The summed E-state index contributed by atoms with van der Waals surface area (Å²) >= 11 is 5.56. The van der Waals surface area contributed by atoms with Crippen LogP contribution in [-0.2, 0) is 6.42 Å². The molecular weight excluding hydrogens is 330 g/mol. The van der Waals surface area contributed by atoms with E-state index >= 15 is 0 Å². The van der Waals surface area contributed by atoms with Gasteiger partial charge in [0.1, 0.15) is 0 Å². The average Bonchev–Trinajstić information content (AvgIpc) is 2.77. The zero-order chi connectivity index (χ0) is 14.6. The number of aryl methyl sites for hydroxylation is 1. The lowest BCUT2D eigenvalue weighted by Crippen LogP contribution is -2.33. The third kappa shape index (κ3) is 4.57. The summed E-state index contributed by atoms with van der Waals surface area (Å²) in [6, 6.07) is 2.91. The highest BCUT2D eigenvalue weighted by Gasteiger charge is 2.25. The van der Waals surface area contributed by atoms with Crippen molar-refractivity contribution >= 4 is 27.3 Å². The number of halogens is 1. The van der Waals surface area contributed by atoms with Crippen molar-refractivity contribution in [3.63, 3.8) is 0 Å². The summed E-state index contributed by atoms with van der Waals surface area (Å²) in [5, 5.41) is 3.84. The maximum atomic E-state index is 3.84. The average molecular weight is 358 g/mol. The maximum Gasteiger partial charge on any atom is 0.0704 e. The Balaban J connectivity index is 1.88. The molecule has 1 aromatic rings. The van der Waals surface area contributed by atoms with Crippen LogP contribution in [0, 0.1) is 5.41 Å². The molecule has 1 aliphatic rings. The van der Waals surface area contributed by atoms with Crippen molar-refractivity contribution in [2.24, 2.45) is 5.41 Å². The molecule has 0 saturated heterocycles. The predicted molar refractivity (Wildman–Crippen MR) is 93.6 cm³/mol. The highest BCUT2D eigenvalue weighted by Crippen LogP contribution is 2.38. The number of hydrogen-bond donors (Lipinski definition) is 1. The second kappa shape index (κ2) is 7.42. The van der Waals surface area contributed by atoms with Gasteiger partial charge >= 0.3 is 0 Å². The van der Waals surface area contributed by atoms with Crippen LogP contribution in [0.4, 0.5) is 0 Å². The lowest BCUT2D eigenvalue weighted by atomic mass is 9.85. The first-order chi connectivity index (χ1) is 9.52. The first-order valence-corrected chi connectivity index (χ1v) is 9.64. The van der Waals surface area contributed by atoms with Gasteiger partial charge in [0.2, 0.25) is 0 Å². The fourth-order valence-electron chi connectivity index (χ4n) is 3.07. The van der Waals surface area contributed by atoms with Gasteiger partial charge in [-0.1, -0.05) is 40.0 Å². The van der Waals surface area contributed by atoms with E-state index in [4.69, 9.17) is 0 Å². The molecule has 1 N–H and O–H groups in total. The minimum Gasteiger partial charge on any atom is -0.309 e. The van der Waals surface area contributed by atoms with Crippen LogP contribution in [0.5, 0.6) is 0 Å². The molecule has 0 radical (unpaired) electrons. The molecule has 3 heteroatoms. The van der Waals surface area contributed by atoms with E-state index in [0.717, 1.165) is 6.54 Å². The Labute approximate surface area is 136 Å². The van der Waals surface area contributed by atoms with Gasteiger partial charge in [0.05, 0.1) is 3.79 Å². The topological polar surface area (TPSA) is 12.0 Å². The van der Waals surface area contributed by atoms with Crippen molar-refractivity contribution in [2.45, 2.75) is 71.8 Å². The molecule has 1 unspecified atom stereocenters. The number of thiophene rings is 1. The van der Waals surface area contributed by atoms with E-state index < -0.39 is 0 Å². The van der Waals surface area contributed by atoms with Crippen molar-refractivity contribution in [3.05, 3.63) is 20.3 Å². The van der Waals surface area contributed by atoms with E-state index in [1.807, 2.05) is 11.3 Å². The molecule has 114 valence electrons. The summed E-state index contributed by atoms with van der Waals surface area (Å²) in [6.07, 6.45) is 9.28. The van der Waals surface area contributed by atoms with E-state index in [1.165, 1.54) is 48.7 Å². The van der Waals surface area contributed by atoms with Crippen molar-refractivity contribution in [1.82, 2.24) is 5.32 Å². The number of nitrogens with one attached hydrogen (secondary N) is 1. The van der Waals surface area contributed by atoms with Gasteiger partial charge in [-0.15, -0.1) is 11.3 Å². The second-order valence-electron chi connectivity index (χ2n) is 6.88. The normalized spacial score (nSPS) is 19.1. The first-order valence-electron chi connectivity index (χ1n) is 8.03. The SMILES string of the molecule is CCCCCC(C)(C)CNC1CCCc2sc(Br)cc21. The minimum absolute atomic E-state index is 0.417. The van der Waals surface area contributed by atoms with Gasteiger partial charge in [-0.2, -0.15) is 0 Å². The molecule has 1 aliphatic carbocycles. The van der Waals surface area contributed by atoms with Gasteiger partial charge in [0.25, 0.3) is 0 Å². The number of fused-ring (bicyclic) bond motifs is 1. The summed E-state index contributed by atoms with van der Waals surface area (Å²) in [5.74, 6) is 0. The number of unbranched alkanes of at least 4 members (excludes halogenated alkanes) is 2. The van der Waals surface area contributed by atoms with Gasteiger partial charge < -0.3 is 5.32 Å². The predicted octanol–water partition coefficient (Wildman–Crippen LogP) is 6.08. The third-order valence-corrected chi connectivity index (χ3v) is 6.08. The monoisotopic (exact) mass is 357 g/mol. The molecule has 0 amide bonds. The molecule has 0 saturated carbocycles. The minimum atomic E-state index is 0.417. The zero-order valence-electron chi connectivity index (χ0n) is 13.1. The Kier molecular flexibility index (Phi) is 6.12. The Morgan fingerprint density at radius 3 is 2.95 bits per heavy atom. The molecule has 20 heavy (non-hydrogen) atoms. The standard InChI is InChI=1S/C17H28BrNS/c1-4-5-6-10-17(2,3)12-19-14-8-7-9-15-13(14)11-16(18)20-15/h11,14,19H,4-10,12H2,1-3H3. The van der Waals surface area contributed by atoms with Gasteiger partial charge in [0, 0.05) is 17.5 Å². The molecule has 1 atom stereocenters. The molecule has 0 bridgehead atoms. The van der Waals surface area contributed by atoms with Crippen LogP contribution in [0.25, 0.3) is 0 Å². The maximum absolute atomic E-state index is 3.84. The Hall–Kier alpha value is 0.140. The molecule has 1 nitrogen and oxygen atoms in total. The molecule has 1 aromatic heterocycles. The van der Waals surface area contributed by atoms with E-state index in [2.05, 4.69) is 48.1 Å². The van der Waals surface area contributed by atoms with Crippen LogP contribution in [0.1, 0.15) is 75.8 Å². The van der Waals surface area contributed by atoms with Crippen molar-refractivity contribution < 1.29 is 0 Å². The van der Waals surface area contributed by atoms with E-state index in [9.17, 15) is 0 Å². The van der Waals surface area contributed by atoms with Crippen LogP contribution in [0.3, 0.4) is 0 Å². The summed E-state index contributed by atoms with van der Waals surface area (Å²) in [4.78, 5) is 1.59. The second-order valence-corrected chi connectivity index (χ2v) is 9.39. The third-order valence-electron chi connectivity index (χ3n) is 4.37. The summed E-state index contributed by atoms with van der Waals surface area (Å²) in [6.45, 7) is 8.23. The van der Waals surface area contributed by atoms with Crippen LogP contribution >= 0.6 is 27.3 Å². The first kappa shape index (κ1) is 16.5. The van der Waals surface area contributed by atoms with E-state index in [1.54, 1.807) is 10.4 Å². The fraction of sp³-hybridized carbons (Fsp3) is 0.765. The Bertz CT molecular complexity index is 425. The quantitative estimate of drug-likeness (QED) is 0.582. The number of rotatable bonds is 7. The molecule has 0 aromatic carbocycles. The molecule has 0 fully saturated rings. The van der Waals surface area contributed by atoms with Crippen LogP contribution in [-0.4, -0.2) is 6.54 Å². The largest absolute Gasteiger partial charge is 0.309 e. The zero-order valence-corrected chi connectivity index (χ0v) is 15.5. The molecule has 2 rings (SSSR count). The van der Waals surface area contributed by atoms with Crippen molar-refractivity contribution in [3.8, 4) is 0 Å².